The van der Waals surface area contributed by atoms with Crippen molar-refractivity contribution in [2.45, 2.75) is 27.7 Å². The van der Waals surface area contributed by atoms with Crippen molar-refractivity contribution >= 4 is 46.9 Å². The van der Waals surface area contributed by atoms with Gasteiger partial charge in [-0.15, -0.1) is 0 Å². The Balaban J connectivity index is 1.76. The van der Waals surface area contributed by atoms with Gasteiger partial charge in [-0.2, -0.15) is 0 Å². The molecule has 10 heteroatoms. The van der Waals surface area contributed by atoms with Crippen LogP contribution in [0.4, 0.5) is 0 Å². The number of benzene rings is 2. The fraction of sp³-hybridized carbons (Fsp3) is 0.176. The molecule has 0 aliphatic heterocycles. The minimum Gasteiger partial charge on any atom is -0.496 e. The molecule has 6 rings (SSSR count). The molecule has 0 amide bonds. The Hall–Kier alpha value is -4.38. The molecule has 0 N–H and O–H groups in total. The molecular formula is C34H32O8P2. The van der Waals surface area contributed by atoms with Gasteiger partial charge in [0.25, 0.3) is 0 Å². The van der Waals surface area contributed by atoms with E-state index in [-0.39, 0.29) is 22.0 Å². The zero-order valence-corrected chi connectivity index (χ0v) is 27.0. The summed E-state index contributed by atoms with van der Waals surface area (Å²) >= 11 is 0. The molecule has 44 heavy (non-hydrogen) atoms. The smallest absolute Gasteiger partial charge is 0.238 e. The first-order chi connectivity index (χ1) is 21.1. The summed E-state index contributed by atoms with van der Waals surface area (Å²) in [6, 6.07) is 24.4. The summed E-state index contributed by atoms with van der Waals surface area (Å²) in [5.41, 5.74) is 1.79. The average molecular weight is 631 g/mol. The molecule has 226 valence electrons. The van der Waals surface area contributed by atoms with Crippen LogP contribution in [0.25, 0.3) is 11.1 Å². The highest BCUT2D eigenvalue weighted by atomic mass is 31.2. The first-order valence-electron chi connectivity index (χ1n) is 13.9. The van der Waals surface area contributed by atoms with Gasteiger partial charge in [0.05, 0.1) is 14.2 Å². The summed E-state index contributed by atoms with van der Waals surface area (Å²) in [6.45, 7) is 7.16. The fourth-order valence-corrected chi connectivity index (χ4v) is 10.7. The van der Waals surface area contributed by atoms with E-state index in [1.165, 1.54) is 14.2 Å². The van der Waals surface area contributed by atoms with E-state index in [4.69, 9.17) is 27.1 Å². The first kappa shape index (κ1) is 29.7. The third kappa shape index (κ3) is 4.70. The highest BCUT2D eigenvalue weighted by molar-refractivity contribution is 7.85. The van der Waals surface area contributed by atoms with E-state index in [1.54, 1.807) is 113 Å². The molecule has 6 aromatic rings. The van der Waals surface area contributed by atoms with Crippen LogP contribution in [0, 0.1) is 27.7 Å². The van der Waals surface area contributed by atoms with Crippen molar-refractivity contribution in [3.63, 3.8) is 0 Å². The Morgan fingerprint density at radius 3 is 0.977 bits per heavy atom. The zero-order valence-electron chi connectivity index (χ0n) is 25.2. The zero-order chi connectivity index (χ0) is 31.2. The van der Waals surface area contributed by atoms with Crippen molar-refractivity contribution in [1.29, 1.82) is 0 Å². The lowest BCUT2D eigenvalue weighted by atomic mass is 10.0. The lowest BCUT2D eigenvalue weighted by molar-refractivity contribution is 0.410. The van der Waals surface area contributed by atoms with E-state index >= 15 is 9.13 Å². The van der Waals surface area contributed by atoms with Crippen LogP contribution in [0.5, 0.6) is 11.5 Å². The Kier molecular flexibility index (Phi) is 7.61. The highest BCUT2D eigenvalue weighted by Gasteiger charge is 2.44. The molecule has 0 aliphatic carbocycles. The molecule has 8 nitrogen and oxygen atoms in total. The van der Waals surface area contributed by atoms with Gasteiger partial charge in [0.1, 0.15) is 34.5 Å². The van der Waals surface area contributed by atoms with Crippen molar-refractivity contribution in [3.05, 3.63) is 108 Å². The molecule has 0 bridgehead atoms. The maximum absolute atomic E-state index is 15.6. The van der Waals surface area contributed by atoms with Crippen molar-refractivity contribution in [3.8, 4) is 22.6 Å². The van der Waals surface area contributed by atoms with E-state index in [1.807, 2.05) is 0 Å². The monoisotopic (exact) mass is 630 g/mol. The SMILES string of the molecule is COc1cccc(P(=O)(c2ccc(C)o2)c2ccc(C)o2)c1-c1c(OC)cccc1P(=O)(c1ccc(C)o1)c1ccc(C)o1. The van der Waals surface area contributed by atoms with Gasteiger partial charge in [0.2, 0.25) is 14.3 Å². The number of methoxy groups -OCH3 is 2. The number of hydrogen-bond acceptors (Lipinski definition) is 8. The molecule has 4 aromatic heterocycles. The Labute approximate surface area is 255 Å². The van der Waals surface area contributed by atoms with Crippen LogP contribution in [-0.2, 0) is 9.13 Å². The second kappa shape index (κ2) is 11.3. The number of furan rings is 4. The topological polar surface area (TPSA) is 105 Å². The third-order valence-corrected chi connectivity index (χ3v) is 13.1. The maximum Gasteiger partial charge on any atom is 0.238 e. The molecule has 0 saturated carbocycles. The van der Waals surface area contributed by atoms with Crippen molar-refractivity contribution in [2.24, 2.45) is 0 Å². The number of aryl methyl sites for hydroxylation is 4. The summed E-state index contributed by atoms with van der Waals surface area (Å²) in [4.78, 5) is 0. The highest BCUT2D eigenvalue weighted by Crippen LogP contribution is 2.53. The second-order valence-electron chi connectivity index (χ2n) is 10.5. The van der Waals surface area contributed by atoms with Crippen LogP contribution < -0.4 is 42.1 Å². The van der Waals surface area contributed by atoms with Gasteiger partial charge in [-0.25, -0.2) is 0 Å². The molecule has 0 radical (unpaired) electrons. The minimum atomic E-state index is -3.82. The maximum atomic E-state index is 15.6. The molecule has 0 saturated heterocycles. The third-order valence-electron chi connectivity index (χ3n) is 7.52. The summed E-state index contributed by atoms with van der Waals surface area (Å²) < 4.78 is 67.3. The fourth-order valence-electron chi connectivity index (χ4n) is 5.46. The van der Waals surface area contributed by atoms with Gasteiger partial charge < -0.3 is 36.3 Å². The minimum absolute atomic E-state index is 0.238. The van der Waals surface area contributed by atoms with Gasteiger partial charge in [0.15, 0.2) is 22.0 Å². The molecule has 0 spiro atoms. The predicted octanol–water partition coefficient (Wildman–Crippen LogP) is 6.26. The molecule has 0 unspecified atom stereocenters. The van der Waals surface area contributed by atoms with E-state index in [0.29, 0.717) is 56.3 Å². The van der Waals surface area contributed by atoms with Gasteiger partial charge in [-0.05, 0) is 100 Å². The molecule has 0 aliphatic rings. The van der Waals surface area contributed by atoms with Crippen LogP contribution in [0.15, 0.2) is 103 Å². The van der Waals surface area contributed by atoms with E-state index in [2.05, 4.69) is 0 Å². The number of ether oxygens (including phenoxy) is 2. The Bertz CT molecular complexity index is 1830. The van der Waals surface area contributed by atoms with Crippen molar-refractivity contribution in [2.75, 3.05) is 14.2 Å². The molecule has 2 aromatic carbocycles. The van der Waals surface area contributed by atoms with Crippen LogP contribution in [0.1, 0.15) is 23.0 Å². The second-order valence-corrected chi connectivity index (χ2v) is 15.6. The van der Waals surface area contributed by atoms with Crippen molar-refractivity contribution < 1.29 is 36.3 Å². The van der Waals surface area contributed by atoms with Crippen LogP contribution >= 0.6 is 14.3 Å². The van der Waals surface area contributed by atoms with Crippen LogP contribution in [-0.4, -0.2) is 14.2 Å². The molecular weight excluding hydrogens is 598 g/mol. The quantitative estimate of drug-likeness (QED) is 0.173. The number of hydrogen-bond donors (Lipinski definition) is 0. The van der Waals surface area contributed by atoms with E-state index in [9.17, 15) is 0 Å². The van der Waals surface area contributed by atoms with Gasteiger partial charge in [-0.1, -0.05) is 12.1 Å². The van der Waals surface area contributed by atoms with Gasteiger partial charge >= 0.3 is 0 Å². The number of rotatable bonds is 9. The molecule has 0 atom stereocenters. The summed E-state index contributed by atoms with van der Waals surface area (Å²) in [5.74, 6) is 3.15. The lowest BCUT2D eigenvalue weighted by Gasteiger charge is -2.25. The largest absolute Gasteiger partial charge is 0.496 e. The molecule has 4 heterocycles. The lowest BCUT2D eigenvalue weighted by Crippen LogP contribution is -2.29. The standard InChI is InChI=1S/C34H32O8P2/c1-21-13-17-29(39-21)43(35,30-18-14-22(2)40-30)27-11-7-9-25(37-5)33(27)34-26(38-6)10-8-12-28(34)44(36,31-19-15-23(3)41-31)32-20-16-24(4)42-32/h7-20H,1-6H3. The molecule has 0 fully saturated rings. The Morgan fingerprint density at radius 1 is 0.455 bits per heavy atom. The summed E-state index contributed by atoms with van der Waals surface area (Å²) in [6.07, 6.45) is 0. The Morgan fingerprint density at radius 2 is 0.750 bits per heavy atom. The van der Waals surface area contributed by atoms with Crippen LogP contribution in [0.3, 0.4) is 0 Å². The summed E-state index contributed by atoms with van der Waals surface area (Å²) in [7, 11) is -4.58. The summed E-state index contributed by atoms with van der Waals surface area (Å²) in [5, 5.41) is 0.730. The van der Waals surface area contributed by atoms with Gasteiger partial charge in [0, 0.05) is 21.7 Å². The van der Waals surface area contributed by atoms with Crippen molar-refractivity contribution in [1.82, 2.24) is 0 Å². The van der Waals surface area contributed by atoms with E-state index < -0.39 is 14.3 Å². The average Bonchev–Trinajstić information content (AvgIpc) is 3.85. The van der Waals surface area contributed by atoms with E-state index in [0.717, 1.165) is 0 Å². The van der Waals surface area contributed by atoms with Crippen LogP contribution in [0.2, 0.25) is 0 Å². The normalized spacial score (nSPS) is 12.0. The van der Waals surface area contributed by atoms with Gasteiger partial charge in [-0.3, -0.25) is 0 Å². The predicted molar refractivity (Wildman–Crippen MR) is 172 cm³/mol. The first-order valence-corrected chi connectivity index (χ1v) is 17.4.